The summed E-state index contributed by atoms with van der Waals surface area (Å²) in [4.78, 5) is 0. The first-order valence-corrected chi connectivity index (χ1v) is 5.44. The number of nitriles is 1. The van der Waals surface area contributed by atoms with Gasteiger partial charge in [-0.05, 0) is 12.5 Å². The molecule has 0 radical (unpaired) electrons. The molecule has 0 fully saturated rings. The molecule has 0 aliphatic rings. The molecule has 17 heavy (non-hydrogen) atoms. The van der Waals surface area contributed by atoms with E-state index in [0.717, 1.165) is 11.5 Å². The van der Waals surface area contributed by atoms with Crippen molar-refractivity contribution in [3.05, 3.63) is 47.2 Å². The lowest BCUT2D eigenvalue weighted by atomic mass is 10.2. The van der Waals surface area contributed by atoms with Crippen LogP contribution < -0.4 is 5.32 Å². The molecule has 0 aliphatic carbocycles. The van der Waals surface area contributed by atoms with Crippen LogP contribution in [0.5, 0.6) is 0 Å². The summed E-state index contributed by atoms with van der Waals surface area (Å²) < 4.78 is 1.71. The van der Waals surface area contributed by atoms with Gasteiger partial charge >= 0.3 is 0 Å². The van der Waals surface area contributed by atoms with Gasteiger partial charge in [-0.2, -0.15) is 10.4 Å². The average Bonchev–Trinajstić information content (AvgIpc) is 2.62. The van der Waals surface area contributed by atoms with Crippen molar-refractivity contribution in [1.29, 1.82) is 5.26 Å². The van der Waals surface area contributed by atoms with Crippen molar-refractivity contribution < 1.29 is 0 Å². The maximum absolute atomic E-state index is 9.07. The molecule has 0 saturated carbocycles. The molecule has 1 aromatic carbocycles. The lowest BCUT2D eigenvalue weighted by molar-refractivity contribution is 0.758. The second-order valence-electron chi connectivity index (χ2n) is 3.88. The van der Waals surface area contributed by atoms with Crippen LogP contribution in [0.15, 0.2) is 30.3 Å². The molecule has 1 aromatic heterocycles. The summed E-state index contributed by atoms with van der Waals surface area (Å²) in [5.41, 5.74) is 2.55. The molecule has 1 N–H and O–H groups in total. The predicted octanol–water partition coefficient (Wildman–Crippen LogP) is 2.21. The highest BCUT2D eigenvalue weighted by Crippen LogP contribution is 2.18. The number of rotatable bonds is 3. The fourth-order valence-electron chi connectivity index (χ4n) is 1.78. The zero-order valence-corrected chi connectivity index (χ0v) is 9.94. The molecular weight excluding hydrogens is 212 g/mol. The highest BCUT2D eigenvalue weighted by Gasteiger charge is 2.11. The van der Waals surface area contributed by atoms with Crippen molar-refractivity contribution in [3.8, 4) is 6.07 Å². The van der Waals surface area contributed by atoms with Crippen molar-refractivity contribution in [1.82, 2.24) is 9.78 Å². The Morgan fingerprint density at radius 3 is 2.71 bits per heavy atom. The second-order valence-corrected chi connectivity index (χ2v) is 3.88. The van der Waals surface area contributed by atoms with E-state index in [-0.39, 0.29) is 0 Å². The Labute approximate surface area is 100 Å². The first-order chi connectivity index (χ1) is 8.22. The number of hydrogen-bond donors (Lipinski definition) is 1. The van der Waals surface area contributed by atoms with Crippen LogP contribution in [0.2, 0.25) is 0 Å². The predicted molar refractivity (Wildman–Crippen MR) is 66.4 cm³/mol. The number of nitrogens with one attached hydrogen (secondary N) is 1. The van der Waals surface area contributed by atoms with Crippen LogP contribution in [0.1, 0.15) is 16.8 Å². The molecule has 0 saturated heterocycles. The van der Waals surface area contributed by atoms with Gasteiger partial charge in [0, 0.05) is 13.6 Å². The third-order valence-electron chi connectivity index (χ3n) is 2.64. The third-order valence-corrected chi connectivity index (χ3v) is 2.64. The first kappa shape index (κ1) is 11.2. The standard InChI is InChI=1S/C13H14N4/c1-10-12(8-14)13(17(2)16-10)15-9-11-6-4-3-5-7-11/h3-7,15H,9H2,1-2H3. The van der Waals surface area contributed by atoms with E-state index in [1.165, 1.54) is 5.56 Å². The fraction of sp³-hybridized carbons (Fsp3) is 0.231. The minimum Gasteiger partial charge on any atom is -0.365 e. The van der Waals surface area contributed by atoms with E-state index in [9.17, 15) is 0 Å². The smallest absolute Gasteiger partial charge is 0.142 e. The summed E-state index contributed by atoms with van der Waals surface area (Å²) in [6, 6.07) is 12.2. The van der Waals surface area contributed by atoms with Gasteiger partial charge in [0.1, 0.15) is 17.5 Å². The molecule has 0 atom stereocenters. The molecule has 86 valence electrons. The molecule has 0 unspecified atom stereocenters. The summed E-state index contributed by atoms with van der Waals surface area (Å²) in [7, 11) is 1.83. The summed E-state index contributed by atoms with van der Waals surface area (Å²) in [5.74, 6) is 0.772. The van der Waals surface area contributed by atoms with Crippen molar-refractivity contribution >= 4 is 5.82 Å². The topological polar surface area (TPSA) is 53.6 Å². The summed E-state index contributed by atoms with van der Waals surface area (Å²) in [6.07, 6.45) is 0. The highest BCUT2D eigenvalue weighted by atomic mass is 15.3. The van der Waals surface area contributed by atoms with E-state index < -0.39 is 0 Å². The zero-order valence-electron chi connectivity index (χ0n) is 9.94. The Hall–Kier alpha value is -2.28. The van der Waals surface area contributed by atoms with Gasteiger partial charge < -0.3 is 5.32 Å². The van der Waals surface area contributed by atoms with Crippen molar-refractivity contribution in [3.63, 3.8) is 0 Å². The van der Waals surface area contributed by atoms with E-state index in [0.29, 0.717) is 12.1 Å². The van der Waals surface area contributed by atoms with Crippen LogP contribution in [-0.4, -0.2) is 9.78 Å². The van der Waals surface area contributed by atoms with E-state index in [2.05, 4.69) is 16.5 Å². The van der Waals surface area contributed by atoms with Gasteiger partial charge in [0.05, 0.1) is 5.69 Å². The number of hydrogen-bond acceptors (Lipinski definition) is 3. The molecule has 2 aromatic rings. The summed E-state index contributed by atoms with van der Waals surface area (Å²) in [6.45, 7) is 2.53. The molecule has 1 heterocycles. The van der Waals surface area contributed by atoms with Crippen LogP contribution in [0, 0.1) is 18.3 Å². The summed E-state index contributed by atoms with van der Waals surface area (Å²) in [5, 5.41) is 16.5. The van der Waals surface area contributed by atoms with E-state index >= 15 is 0 Å². The minimum absolute atomic E-state index is 0.614. The molecule has 4 heteroatoms. The number of anilines is 1. The Bertz CT molecular complexity index is 549. The van der Waals surface area contributed by atoms with Crippen LogP contribution in [0.25, 0.3) is 0 Å². The number of aromatic nitrogens is 2. The lowest BCUT2D eigenvalue weighted by Gasteiger charge is -2.06. The molecule has 4 nitrogen and oxygen atoms in total. The van der Waals surface area contributed by atoms with Crippen LogP contribution in [-0.2, 0) is 13.6 Å². The minimum atomic E-state index is 0.614. The van der Waals surface area contributed by atoms with Crippen LogP contribution >= 0.6 is 0 Å². The third kappa shape index (κ3) is 2.28. The van der Waals surface area contributed by atoms with Gasteiger partial charge in [0.2, 0.25) is 0 Å². The molecule has 0 aliphatic heterocycles. The van der Waals surface area contributed by atoms with Crippen molar-refractivity contribution in [2.75, 3.05) is 5.32 Å². The molecule has 0 bridgehead atoms. The van der Waals surface area contributed by atoms with E-state index in [1.54, 1.807) is 4.68 Å². The SMILES string of the molecule is Cc1nn(C)c(NCc2ccccc2)c1C#N. The van der Waals surface area contributed by atoms with Gasteiger partial charge in [0.15, 0.2) is 0 Å². The van der Waals surface area contributed by atoms with Crippen LogP contribution in [0.4, 0.5) is 5.82 Å². The lowest BCUT2D eigenvalue weighted by Crippen LogP contribution is -2.05. The Morgan fingerprint density at radius 1 is 1.35 bits per heavy atom. The normalized spacial score (nSPS) is 9.94. The van der Waals surface area contributed by atoms with Gasteiger partial charge in [-0.3, -0.25) is 4.68 Å². The molecule has 0 amide bonds. The van der Waals surface area contributed by atoms with Gasteiger partial charge in [-0.1, -0.05) is 30.3 Å². The fourth-order valence-corrected chi connectivity index (χ4v) is 1.78. The first-order valence-electron chi connectivity index (χ1n) is 5.44. The number of benzene rings is 1. The largest absolute Gasteiger partial charge is 0.365 e. The summed E-state index contributed by atoms with van der Waals surface area (Å²) >= 11 is 0. The van der Waals surface area contributed by atoms with Gasteiger partial charge in [0.25, 0.3) is 0 Å². The van der Waals surface area contributed by atoms with Gasteiger partial charge in [-0.15, -0.1) is 0 Å². The maximum Gasteiger partial charge on any atom is 0.142 e. The number of aryl methyl sites for hydroxylation is 2. The molecule has 0 spiro atoms. The highest BCUT2D eigenvalue weighted by molar-refractivity contribution is 5.55. The maximum atomic E-state index is 9.07. The number of nitrogens with zero attached hydrogens (tertiary/aromatic N) is 3. The Morgan fingerprint density at radius 2 is 2.06 bits per heavy atom. The molecular formula is C13H14N4. The van der Waals surface area contributed by atoms with Gasteiger partial charge in [-0.25, -0.2) is 0 Å². The Balaban J connectivity index is 2.18. The Kier molecular flexibility index (Phi) is 3.10. The molecule has 2 rings (SSSR count). The van der Waals surface area contributed by atoms with E-state index in [1.807, 2.05) is 44.3 Å². The van der Waals surface area contributed by atoms with Crippen molar-refractivity contribution in [2.45, 2.75) is 13.5 Å². The monoisotopic (exact) mass is 226 g/mol. The average molecular weight is 226 g/mol. The second kappa shape index (κ2) is 4.71. The zero-order chi connectivity index (χ0) is 12.3. The van der Waals surface area contributed by atoms with Crippen LogP contribution in [0.3, 0.4) is 0 Å². The quantitative estimate of drug-likeness (QED) is 0.873. The van der Waals surface area contributed by atoms with Crippen molar-refractivity contribution in [2.24, 2.45) is 7.05 Å². The van der Waals surface area contributed by atoms with E-state index in [4.69, 9.17) is 5.26 Å².